The third-order valence-electron chi connectivity index (χ3n) is 2.12. The van der Waals surface area contributed by atoms with Crippen molar-refractivity contribution in [1.82, 2.24) is 9.78 Å². The fraction of sp³-hybridized carbons (Fsp3) is 0.167. The Bertz CT molecular complexity index is 546. The highest BCUT2D eigenvalue weighted by molar-refractivity contribution is 5.69. The molecule has 0 saturated heterocycles. The van der Waals surface area contributed by atoms with Gasteiger partial charge in [0.15, 0.2) is 0 Å². The van der Waals surface area contributed by atoms with Crippen LogP contribution in [0.5, 0.6) is 5.88 Å². The van der Waals surface area contributed by atoms with Crippen LogP contribution < -0.4 is 4.74 Å². The molecule has 0 spiro atoms. The summed E-state index contributed by atoms with van der Waals surface area (Å²) in [5, 5.41) is 4.18. The highest BCUT2D eigenvalue weighted by Crippen LogP contribution is 2.19. The maximum Gasteiger partial charge on any atom is 0.309 e. The molecule has 2 aromatic rings. The molecule has 0 aliphatic rings. The van der Waals surface area contributed by atoms with E-state index in [1.807, 2.05) is 0 Å². The van der Waals surface area contributed by atoms with Crippen molar-refractivity contribution < 1.29 is 13.9 Å². The molecular formula is C12H11FN2O2. The molecule has 1 aromatic heterocycles. The van der Waals surface area contributed by atoms with Gasteiger partial charge in [-0.1, -0.05) is 0 Å². The van der Waals surface area contributed by atoms with Crippen molar-refractivity contribution in [2.24, 2.45) is 0 Å². The van der Waals surface area contributed by atoms with Gasteiger partial charge in [0.05, 0.1) is 11.4 Å². The van der Waals surface area contributed by atoms with Gasteiger partial charge in [-0.15, -0.1) is 0 Å². The van der Waals surface area contributed by atoms with Gasteiger partial charge in [0.1, 0.15) is 5.82 Å². The number of rotatable bonds is 2. The molecule has 4 nitrogen and oxygen atoms in total. The van der Waals surface area contributed by atoms with Crippen molar-refractivity contribution in [1.29, 1.82) is 0 Å². The van der Waals surface area contributed by atoms with E-state index in [1.165, 1.54) is 23.7 Å². The molecule has 0 bridgehead atoms. The lowest BCUT2D eigenvalue weighted by molar-refractivity contribution is -0.132. The van der Waals surface area contributed by atoms with Gasteiger partial charge >= 0.3 is 5.97 Å². The summed E-state index contributed by atoms with van der Waals surface area (Å²) >= 11 is 0. The molecule has 0 radical (unpaired) electrons. The Morgan fingerprint density at radius 3 is 2.59 bits per heavy atom. The Hall–Kier alpha value is -2.17. The number of carbonyl (C=O) groups excluding carboxylic acids is 1. The molecule has 17 heavy (non-hydrogen) atoms. The maximum atomic E-state index is 12.8. The summed E-state index contributed by atoms with van der Waals surface area (Å²) < 4.78 is 19.3. The molecule has 0 aliphatic heterocycles. The second kappa shape index (κ2) is 4.37. The first-order chi connectivity index (χ1) is 8.06. The topological polar surface area (TPSA) is 44.1 Å². The maximum absolute atomic E-state index is 12.8. The molecule has 88 valence electrons. The van der Waals surface area contributed by atoms with Crippen LogP contribution in [0.2, 0.25) is 0 Å². The van der Waals surface area contributed by atoms with Crippen LogP contribution in [0, 0.1) is 12.7 Å². The average molecular weight is 234 g/mol. The van der Waals surface area contributed by atoms with E-state index in [1.54, 1.807) is 25.1 Å². The standard InChI is InChI=1S/C12H11FN2O2/c1-8-7-12(17-9(2)16)15(14-8)11-5-3-10(13)4-6-11/h3-7H,1-2H3. The highest BCUT2D eigenvalue weighted by atomic mass is 19.1. The van der Waals surface area contributed by atoms with Crippen molar-refractivity contribution in [2.75, 3.05) is 0 Å². The lowest BCUT2D eigenvalue weighted by atomic mass is 10.3. The van der Waals surface area contributed by atoms with E-state index < -0.39 is 5.97 Å². The summed E-state index contributed by atoms with van der Waals surface area (Å²) in [4.78, 5) is 10.9. The van der Waals surface area contributed by atoms with Crippen molar-refractivity contribution in [3.05, 3.63) is 41.8 Å². The number of hydrogen-bond donors (Lipinski definition) is 0. The van der Waals surface area contributed by atoms with Crippen LogP contribution in [-0.4, -0.2) is 15.7 Å². The van der Waals surface area contributed by atoms with Gasteiger partial charge in [0.25, 0.3) is 0 Å². The van der Waals surface area contributed by atoms with Crippen LogP contribution in [0.3, 0.4) is 0 Å². The molecule has 1 heterocycles. The second-order valence-corrected chi connectivity index (χ2v) is 3.61. The first-order valence-corrected chi connectivity index (χ1v) is 5.07. The molecule has 0 N–H and O–H groups in total. The van der Waals surface area contributed by atoms with E-state index in [0.29, 0.717) is 17.3 Å². The number of esters is 1. The first kappa shape index (κ1) is 11.3. The third-order valence-corrected chi connectivity index (χ3v) is 2.12. The van der Waals surface area contributed by atoms with Gasteiger partial charge in [-0.2, -0.15) is 5.10 Å². The molecule has 0 amide bonds. The van der Waals surface area contributed by atoms with Gasteiger partial charge in [-0.3, -0.25) is 4.79 Å². The summed E-state index contributed by atoms with van der Waals surface area (Å²) in [5.41, 5.74) is 1.35. The smallest absolute Gasteiger partial charge is 0.309 e. The number of benzene rings is 1. The number of nitrogens with zero attached hydrogens (tertiary/aromatic N) is 2. The SMILES string of the molecule is CC(=O)Oc1cc(C)nn1-c1ccc(F)cc1. The molecular weight excluding hydrogens is 223 g/mol. The zero-order chi connectivity index (χ0) is 12.4. The molecule has 1 aromatic carbocycles. The Labute approximate surface area is 97.6 Å². The quantitative estimate of drug-likeness (QED) is 0.748. The molecule has 0 unspecified atom stereocenters. The predicted octanol–water partition coefficient (Wildman–Crippen LogP) is 2.25. The summed E-state index contributed by atoms with van der Waals surface area (Å²) in [6, 6.07) is 7.42. The van der Waals surface area contributed by atoms with Crippen LogP contribution in [0.4, 0.5) is 4.39 Å². The number of hydrogen-bond acceptors (Lipinski definition) is 3. The largest absolute Gasteiger partial charge is 0.408 e. The molecule has 0 aliphatic carbocycles. The fourth-order valence-corrected chi connectivity index (χ4v) is 1.46. The zero-order valence-electron chi connectivity index (χ0n) is 9.48. The summed E-state index contributed by atoms with van der Waals surface area (Å²) in [7, 11) is 0. The van der Waals surface area contributed by atoms with Gasteiger partial charge in [-0.25, -0.2) is 9.07 Å². The van der Waals surface area contributed by atoms with Gasteiger partial charge in [0, 0.05) is 13.0 Å². The van der Waals surface area contributed by atoms with Crippen molar-refractivity contribution in [3.63, 3.8) is 0 Å². The minimum atomic E-state index is -0.423. The molecule has 2 rings (SSSR count). The van der Waals surface area contributed by atoms with Crippen molar-refractivity contribution in [3.8, 4) is 11.6 Å². The number of ether oxygens (including phenoxy) is 1. The Balaban J connectivity index is 2.43. The third kappa shape index (κ3) is 2.50. The van der Waals surface area contributed by atoms with Crippen LogP contribution in [-0.2, 0) is 4.79 Å². The van der Waals surface area contributed by atoms with Crippen LogP contribution in [0.1, 0.15) is 12.6 Å². The summed E-state index contributed by atoms with van der Waals surface area (Å²) in [6.45, 7) is 3.10. The first-order valence-electron chi connectivity index (χ1n) is 5.07. The number of carbonyl (C=O) groups is 1. The summed E-state index contributed by atoms with van der Waals surface area (Å²) in [5.74, 6) is -0.429. The molecule has 5 heteroatoms. The minimum absolute atomic E-state index is 0.321. The zero-order valence-corrected chi connectivity index (χ0v) is 9.48. The lowest BCUT2D eigenvalue weighted by Crippen LogP contribution is -2.07. The normalized spacial score (nSPS) is 10.3. The molecule has 0 atom stereocenters. The number of aromatic nitrogens is 2. The Morgan fingerprint density at radius 1 is 1.35 bits per heavy atom. The van der Waals surface area contributed by atoms with E-state index in [2.05, 4.69) is 5.10 Å². The molecule has 0 saturated carbocycles. The van der Waals surface area contributed by atoms with Gasteiger partial charge < -0.3 is 4.74 Å². The predicted molar refractivity (Wildman–Crippen MR) is 59.6 cm³/mol. The van der Waals surface area contributed by atoms with E-state index in [4.69, 9.17) is 4.74 Å². The van der Waals surface area contributed by atoms with E-state index >= 15 is 0 Å². The Morgan fingerprint density at radius 2 is 2.00 bits per heavy atom. The lowest BCUT2D eigenvalue weighted by Gasteiger charge is -2.05. The van der Waals surface area contributed by atoms with Gasteiger partial charge in [-0.05, 0) is 31.2 Å². The Kier molecular flexibility index (Phi) is 2.91. The van der Waals surface area contributed by atoms with E-state index in [-0.39, 0.29) is 5.82 Å². The van der Waals surface area contributed by atoms with Crippen LogP contribution in [0.15, 0.2) is 30.3 Å². The van der Waals surface area contributed by atoms with Crippen LogP contribution in [0.25, 0.3) is 5.69 Å². The van der Waals surface area contributed by atoms with Crippen molar-refractivity contribution in [2.45, 2.75) is 13.8 Å². The second-order valence-electron chi connectivity index (χ2n) is 3.61. The highest BCUT2D eigenvalue weighted by Gasteiger charge is 2.10. The van der Waals surface area contributed by atoms with E-state index in [0.717, 1.165) is 0 Å². The van der Waals surface area contributed by atoms with Crippen LogP contribution >= 0.6 is 0 Å². The summed E-state index contributed by atoms with van der Waals surface area (Å²) in [6.07, 6.45) is 0. The molecule has 0 fully saturated rings. The van der Waals surface area contributed by atoms with E-state index in [9.17, 15) is 9.18 Å². The number of aryl methyl sites for hydroxylation is 1. The average Bonchev–Trinajstić information content (AvgIpc) is 2.59. The minimum Gasteiger partial charge on any atom is -0.408 e. The monoisotopic (exact) mass is 234 g/mol. The van der Waals surface area contributed by atoms with Crippen molar-refractivity contribution >= 4 is 5.97 Å². The number of halogens is 1. The fourth-order valence-electron chi connectivity index (χ4n) is 1.46. The van der Waals surface area contributed by atoms with Gasteiger partial charge in [0.2, 0.25) is 5.88 Å².